The molecular weight excluding hydrogens is 244 g/mol. The molecule has 2 aromatic rings. The van der Waals surface area contributed by atoms with Crippen LogP contribution in [0, 0.1) is 6.92 Å². The molecule has 0 fully saturated rings. The van der Waals surface area contributed by atoms with Gasteiger partial charge in [-0.3, -0.25) is 0 Å². The highest BCUT2D eigenvalue weighted by molar-refractivity contribution is 9.10. The smallest absolute Gasteiger partial charge is 0.137 e. The maximum absolute atomic E-state index is 8.80. The lowest BCUT2D eigenvalue weighted by Crippen LogP contribution is -1.85. The van der Waals surface area contributed by atoms with Gasteiger partial charge in [0.15, 0.2) is 0 Å². The highest BCUT2D eigenvalue weighted by Gasteiger charge is 2.06. The van der Waals surface area contributed by atoms with E-state index >= 15 is 0 Å². The summed E-state index contributed by atoms with van der Waals surface area (Å²) < 4.78 is 6.67. The number of furan rings is 1. The van der Waals surface area contributed by atoms with E-state index in [4.69, 9.17) is 9.52 Å². The van der Waals surface area contributed by atoms with Crippen LogP contribution in [0.15, 0.2) is 27.1 Å². The van der Waals surface area contributed by atoms with Crippen LogP contribution in [0.5, 0.6) is 0 Å². The zero-order chi connectivity index (χ0) is 10.1. The van der Waals surface area contributed by atoms with Crippen LogP contribution in [0.4, 0.5) is 0 Å². The van der Waals surface area contributed by atoms with Gasteiger partial charge in [0.2, 0.25) is 0 Å². The van der Waals surface area contributed by atoms with Gasteiger partial charge >= 0.3 is 0 Å². The van der Waals surface area contributed by atoms with Gasteiger partial charge in [0.05, 0.1) is 6.61 Å². The Morgan fingerprint density at radius 1 is 1.36 bits per heavy atom. The lowest BCUT2D eigenvalue weighted by molar-refractivity contribution is 0.289. The average Bonchev–Trinajstić information content (AvgIpc) is 2.48. The molecule has 1 aromatic heterocycles. The highest BCUT2D eigenvalue weighted by Crippen LogP contribution is 2.26. The predicted molar refractivity (Wildman–Crippen MR) is 59.4 cm³/mol. The van der Waals surface area contributed by atoms with Crippen LogP contribution in [-0.2, 0) is 6.42 Å². The largest absolute Gasteiger partial charge is 0.461 e. The predicted octanol–water partition coefficient (Wildman–Crippen LogP) is 3.04. The summed E-state index contributed by atoms with van der Waals surface area (Å²) >= 11 is 3.44. The molecular formula is C11H11BrO2. The van der Waals surface area contributed by atoms with Crippen LogP contribution in [-0.4, -0.2) is 11.7 Å². The summed E-state index contributed by atoms with van der Waals surface area (Å²) in [5.41, 5.74) is 2.02. The number of aliphatic hydroxyl groups is 1. The third-order valence-electron chi connectivity index (χ3n) is 2.18. The van der Waals surface area contributed by atoms with Crippen molar-refractivity contribution in [2.45, 2.75) is 13.3 Å². The summed E-state index contributed by atoms with van der Waals surface area (Å²) in [5.74, 6) is 0.837. The average molecular weight is 255 g/mol. The van der Waals surface area contributed by atoms with E-state index in [-0.39, 0.29) is 6.61 Å². The Labute approximate surface area is 90.7 Å². The van der Waals surface area contributed by atoms with Gasteiger partial charge in [-0.25, -0.2) is 0 Å². The Bertz CT molecular complexity index is 460. The normalized spacial score (nSPS) is 11.1. The SMILES string of the molecule is Cc1cc(Br)cc2cc(CCO)oc12. The molecule has 3 heteroatoms. The van der Waals surface area contributed by atoms with Crippen molar-refractivity contribution >= 4 is 26.9 Å². The molecule has 0 saturated carbocycles. The van der Waals surface area contributed by atoms with Crippen LogP contribution in [0.1, 0.15) is 11.3 Å². The van der Waals surface area contributed by atoms with E-state index < -0.39 is 0 Å². The Balaban J connectivity index is 2.58. The molecule has 1 N–H and O–H groups in total. The first kappa shape index (κ1) is 9.74. The molecule has 2 nitrogen and oxygen atoms in total. The summed E-state index contributed by atoms with van der Waals surface area (Å²) in [5, 5.41) is 9.88. The second-order valence-corrected chi connectivity index (χ2v) is 4.24. The minimum absolute atomic E-state index is 0.125. The van der Waals surface area contributed by atoms with Crippen LogP contribution >= 0.6 is 15.9 Å². The van der Waals surface area contributed by atoms with E-state index in [2.05, 4.69) is 15.9 Å². The Morgan fingerprint density at radius 2 is 2.14 bits per heavy atom. The molecule has 0 amide bonds. The Morgan fingerprint density at radius 3 is 2.86 bits per heavy atom. The molecule has 1 heterocycles. The van der Waals surface area contributed by atoms with Crippen molar-refractivity contribution in [3.63, 3.8) is 0 Å². The van der Waals surface area contributed by atoms with Gasteiger partial charge in [-0.2, -0.15) is 0 Å². The molecule has 0 unspecified atom stereocenters. The minimum atomic E-state index is 0.125. The molecule has 0 saturated heterocycles. The molecule has 0 bridgehead atoms. The number of hydrogen-bond acceptors (Lipinski definition) is 2. The quantitative estimate of drug-likeness (QED) is 0.894. The summed E-state index contributed by atoms with van der Waals surface area (Å²) in [4.78, 5) is 0. The summed E-state index contributed by atoms with van der Waals surface area (Å²) in [6.07, 6.45) is 0.575. The van der Waals surface area contributed by atoms with Crippen LogP contribution in [0.3, 0.4) is 0 Å². The molecule has 14 heavy (non-hydrogen) atoms. The number of benzene rings is 1. The summed E-state index contributed by atoms with van der Waals surface area (Å²) in [6, 6.07) is 6.02. The lowest BCUT2D eigenvalue weighted by Gasteiger charge is -1.95. The van der Waals surface area contributed by atoms with E-state index in [9.17, 15) is 0 Å². The number of fused-ring (bicyclic) bond motifs is 1. The Hall–Kier alpha value is -0.800. The fourth-order valence-electron chi connectivity index (χ4n) is 1.57. The van der Waals surface area contributed by atoms with Crippen molar-refractivity contribution in [2.24, 2.45) is 0 Å². The molecule has 0 aliphatic heterocycles. The number of halogens is 1. The highest BCUT2D eigenvalue weighted by atomic mass is 79.9. The third-order valence-corrected chi connectivity index (χ3v) is 2.63. The van der Waals surface area contributed by atoms with Gasteiger partial charge in [-0.05, 0) is 30.7 Å². The number of hydrogen-bond donors (Lipinski definition) is 1. The fraction of sp³-hybridized carbons (Fsp3) is 0.273. The third kappa shape index (κ3) is 1.70. The van der Waals surface area contributed by atoms with Gasteiger partial charge in [-0.15, -0.1) is 0 Å². The van der Waals surface area contributed by atoms with Gasteiger partial charge < -0.3 is 9.52 Å². The number of aliphatic hydroxyl groups excluding tert-OH is 1. The van der Waals surface area contributed by atoms with Gasteiger partial charge in [0.1, 0.15) is 11.3 Å². The first-order valence-electron chi connectivity index (χ1n) is 4.50. The van der Waals surface area contributed by atoms with Crippen LogP contribution in [0.25, 0.3) is 11.0 Å². The maximum Gasteiger partial charge on any atom is 0.137 e. The van der Waals surface area contributed by atoms with E-state index in [0.29, 0.717) is 6.42 Å². The first-order chi connectivity index (χ1) is 6.70. The second kappa shape index (κ2) is 3.75. The zero-order valence-electron chi connectivity index (χ0n) is 7.88. The van der Waals surface area contributed by atoms with E-state index in [1.807, 2.05) is 25.1 Å². The second-order valence-electron chi connectivity index (χ2n) is 3.33. The molecule has 74 valence electrons. The lowest BCUT2D eigenvalue weighted by atomic mass is 10.2. The van der Waals surface area contributed by atoms with E-state index in [1.54, 1.807) is 0 Å². The number of rotatable bonds is 2. The summed E-state index contributed by atoms with van der Waals surface area (Å²) in [7, 11) is 0. The standard InChI is InChI=1S/C11H11BrO2/c1-7-4-9(12)5-8-6-10(2-3-13)14-11(7)8/h4-6,13H,2-3H2,1H3. The van der Waals surface area contributed by atoms with Crippen molar-refractivity contribution in [1.29, 1.82) is 0 Å². The topological polar surface area (TPSA) is 33.4 Å². The van der Waals surface area contributed by atoms with Crippen molar-refractivity contribution in [1.82, 2.24) is 0 Å². The van der Waals surface area contributed by atoms with Crippen molar-refractivity contribution < 1.29 is 9.52 Å². The van der Waals surface area contributed by atoms with Crippen molar-refractivity contribution in [3.8, 4) is 0 Å². The van der Waals surface area contributed by atoms with Crippen LogP contribution in [0.2, 0.25) is 0 Å². The molecule has 0 spiro atoms. The Kier molecular flexibility index (Phi) is 2.61. The van der Waals surface area contributed by atoms with Gasteiger partial charge in [0, 0.05) is 16.3 Å². The summed E-state index contributed by atoms with van der Waals surface area (Å²) in [6.45, 7) is 2.14. The number of aryl methyl sites for hydroxylation is 1. The molecule has 2 rings (SSSR count). The van der Waals surface area contributed by atoms with E-state index in [1.165, 1.54) is 0 Å². The zero-order valence-corrected chi connectivity index (χ0v) is 9.47. The molecule has 1 aromatic carbocycles. The van der Waals surface area contributed by atoms with Crippen molar-refractivity contribution in [2.75, 3.05) is 6.61 Å². The maximum atomic E-state index is 8.80. The molecule has 0 radical (unpaired) electrons. The van der Waals surface area contributed by atoms with Gasteiger partial charge in [-0.1, -0.05) is 15.9 Å². The van der Waals surface area contributed by atoms with Gasteiger partial charge in [0.25, 0.3) is 0 Å². The first-order valence-corrected chi connectivity index (χ1v) is 5.29. The molecule has 0 aliphatic carbocycles. The van der Waals surface area contributed by atoms with Crippen molar-refractivity contribution in [3.05, 3.63) is 34.0 Å². The monoisotopic (exact) mass is 254 g/mol. The minimum Gasteiger partial charge on any atom is -0.461 e. The van der Waals surface area contributed by atoms with Crippen LogP contribution < -0.4 is 0 Å². The molecule has 0 atom stereocenters. The van der Waals surface area contributed by atoms with E-state index in [0.717, 1.165) is 26.8 Å². The molecule has 0 aliphatic rings. The fourth-order valence-corrected chi connectivity index (χ4v) is 2.16.